The Morgan fingerprint density at radius 1 is 1.43 bits per heavy atom. The molecule has 1 atom stereocenters. The number of aryl methyl sites for hydroxylation is 1. The molecule has 0 aliphatic carbocycles. The highest BCUT2D eigenvalue weighted by molar-refractivity contribution is 5.96. The van der Waals surface area contributed by atoms with E-state index >= 15 is 0 Å². The molecule has 2 N–H and O–H groups in total. The van der Waals surface area contributed by atoms with E-state index in [0.29, 0.717) is 24.4 Å². The minimum atomic E-state index is -0.797. The molecule has 1 saturated heterocycles. The summed E-state index contributed by atoms with van der Waals surface area (Å²) in [7, 11) is 1.58. The van der Waals surface area contributed by atoms with Crippen molar-refractivity contribution in [2.45, 2.75) is 38.6 Å². The fourth-order valence-electron chi connectivity index (χ4n) is 2.96. The van der Waals surface area contributed by atoms with E-state index in [1.165, 1.54) is 0 Å². The van der Waals surface area contributed by atoms with Crippen LogP contribution in [-0.4, -0.2) is 48.1 Å². The lowest BCUT2D eigenvalue weighted by molar-refractivity contribution is -0.137. The van der Waals surface area contributed by atoms with Gasteiger partial charge < -0.3 is 15.2 Å². The highest BCUT2D eigenvalue weighted by Crippen LogP contribution is 2.27. The quantitative estimate of drug-likeness (QED) is 0.806. The second-order valence-electron chi connectivity index (χ2n) is 5.88. The summed E-state index contributed by atoms with van der Waals surface area (Å²) in [6, 6.07) is 5.46. The van der Waals surface area contributed by atoms with Crippen LogP contribution in [0.15, 0.2) is 18.2 Å². The molecule has 1 amide bonds. The first-order valence-corrected chi connectivity index (χ1v) is 7.92. The van der Waals surface area contributed by atoms with Gasteiger partial charge in [-0.1, -0.05) is 6.07 Å². The summed E-state index contributed by atoms with van der Waals surface area (Å²) in [6.07, 6.45) is 2.45. The third kappa shape index (κ3) is 4.69. The Hall–Kier alpha value is -2.08. The van der Waals surface area contributed by atoms with Crippen LogP contribution in [0.5, 0.6) is 5.75 Å². The first-order valence-electron chi connectivity index (χ1n) is 7.92. The number of methoxy groups -OCH3 is 1. The van der Waals surface area contributed by atoms with Gasteiger partial charge in [-0.25, -0.2) is 0 Å². The van der Waals surface area contributed by atoms with E-state index in [2.05, 4.69) is 10.2 Å². The molecule has 0 spiro atoms. The second-order valence-corrected chi connectivity index (χ2v) is 5.88. The molecule has 0 aromatic heterocycles. The Kier molecular flexibility index (Phi) is 5.98. The number of carboxylic acids is 1. The Morgan fingerprint density at radius 2 is 2.22 bits per heavy atom. The average Bonchev–Trinajstić information content (AvgIpc) is 2.95. The van der Waals surface area contributed by atoms with Gasteiger partial charge in [-0.2, -0.15) is 0 Å². The number of ether oxygens (including phenoxy) is 1. The minimum Gasteiger partial charge on any atom is -0.495 e. The molecule has 1 unspecified atom stereocenters. The van der Waals surface area contributed by atoms with Crippen molar-refractivity contribution >= 4 is 17.6 Å². The van der Waals surface area contributed by atoms with Crippen molar-refractivity contribution in [2.75, 3.05) is 25.5 Å². The largest absolute Gasteiger partial charge is 0.495 e. The zero-order valence-corrected chi connectivity index (χ0v) is 13.7. The molecule has 23 heavy (non-hydrogen) atoms. The number of carbonyl (C=O) groups is 2. The van der Waals surface area contributed by atoms with Crippen molar-refractivity contribution in [3.63, 3.8) is 0 Å². The molecule has 0 saturated carbocycles. The van der Waals surface area contributed by atoms with Crippen LogP contribution >= 0.6 is 0 Å². The molecule has 0 bridgehead atoms. The zero-order valence-electron chi connectivity index (χ0n) is 13.7. The van der Waals surface area contributed by atoms with E-state index in [1.54, 1.807) is 7.11 Å². The predicted molar refractivity (Wildman–Crippen MR) is 87.8 cm³/mol. The number of likely N-dealkylation sites (tertiary alicyclic amines) is 1. The molecule has 6 heteroatoms. The molecule has 6 nitrogen and oxygen atoms in total. The number of hydrogen-bond donors (Lipinski definition) is 2. The number of nitrogens with one attached hydrogen (secondary N) is 1. The molecule has 1 aliphatic rings. The van der Waals surface area contributed by atoms with E-state index in [0.717, 1.165) is 24.9 Å². The maximum absolute atomic E-state index is 12.6. The minimum absolute atomic E-state index is 0.0540. The van der Waals surface area contributed by atoms with Gasteiger partial charge in [-0.05, 0) is 57.0 Å². The number of hydrogen-bond acceptors (Lipinski definition) is 4. The Labute approximate surface area is 136 Å². The lowest BCUT2D eigenvalue weighted by Crippen LogP contribution is -2.40. The van der Waals surface area contributed by atoms with Gasteiger partial charge in [-0.3, -0.25) is 14.5 Å². The second kappa shape index (κ2) is 7.97. The highest BCUT2D eigenvalue weighted by Gasteiger charge is 2.30. The van der Waals surface area contributed by atoms with Crippen molar-refractivity contribution in [3.8, 4) is 5.75 Å². The summed E-state index contributed by atoms with van der Waals surface area (Å²) >= 11 is 0. The van der Waals surface area contributed by atoms with Crippen LogP contribution in [-0.2, 0) is 9.59 Å². The Balaban J connectivity index is 1.99. The van der Waals surface area contributed by atoms with Crippen LogP contribution in [0, 0.1) is 6.92 Å². The van der Waals surface area contributed by atoms with Crippen molar-refractivity contribution in [1.82, 2.24) is 4.90 Å². The smallest absolute Gasteiger partial charge is 0.303 e. The van der Waals surface area contributed by atoms with E-state index in [-0.39, 0.29) is 18.4 Å². The van der Waals surface area contributed by atoms with Gasteiger partial charge in [0.1, 0.15) is 5.75 Å². The number of carboxylic acid groups (broad SMARTS) is 1. The monoisotopic (exact) mass is 320 g/mol. The lowest BCUT2D eigenvalue weighted by atomic mass is 10.1. The third-order valence-corrected chi connectivity index (χ3v) is 4.12. The molecule has 0 radical (unpaired) electrons. The standard InChI is InChI=1S/C17H24N2O4/c1-12-7-8-15(23-2)13(11-12)18-17(22)14-5-3-9-19(14)10-4-6-16(20)21/h7-8,11,14H,3-6,9-10H2,1-2H3,(H,18,22)(H,20,21). The third-order valence-electron chi connectivity index (χ3n) is 4.12. The summed E-state index contributed by atoms with van der Waals surface area (Å²) in [6.45, 7) is 3.43. The number of rotatable bonds is 7. The number of aliphatic carboxylic acids is 1. The van der Waals surface area contributed by atoms with Crippen LogP contribution in [0.2, 0.25) is 0 Å². The van der Waals surface area contributed by atoms with Gasteiger partial charge in [0, 0.05) is 6.42 Å². The molecule has 1 fully saturated rings. The van der Waals surface area contributed by atoms with Crippen molar-refractivity contribution in [1.29, 1.82) is 0 Å². The molecular formula is C17H24N2O4. The first kappa shape index (κ1) is 17.3. The number of nitrogens with zero attached hydrogens (tertiary/aromatic N) is 1. The molecule has 1 aromatic carbocycles. The SMILES string of the molecule is COc1ccc(C)cc1NC(=O)C1CCCN1CCCC(=O)O. The highest BCUT2D eigenvalue weighted by atomic mass is 16.5. The fraction of sp³-hybridized carbons (Fsp3) is 0.529. The molecule has 1 heterocycles. The van der Waals surface area contributed by atoms with Crippen molar-refractivity contribution in [2.24, 2.45) is 0 Å². The fourth-order valence-corrected chi connectivity index (χ4v) is 2.96. The van der Waals surface area contributed by atoms with Gasteiger partial charge in [0.15, 0.2) is 0 Å². The summed E-state index contributed by atoms with van der Waals surface area (Å²) < 4.78 is 5.29. The predicted octanol–water partition coefficient (Wildman–Crippen LogP) is 2.27. The van der Waals surface area contributed by atoms with Gasteiger partial charge in [0.25, 0.3) is 0 Å². The molecule has 2 rings (SSSR count). The van der Waals surface area contributed by atoms with Gasteiger partial charge in [0.2, 0.25) is 5.91 Å². The maximum Gasteiger partial charge on any atom is 0.303 e. The van der Waals surface area contributed by atoms with Crippen LogP contribution in [0.1, 0.15) is 31.2 Å². The maximum atomic E-state index is 12.6. The van der Waals surface area contributed by atoms with Crippen LogP contribution < -0.4 is 10.1 Å². The van der Waals surface area contributed by atoms with E-state index < -0.39 is 5.97 Å². The molecule has 1 aliphatic heterocycles. The van der Waals surface area contributed by atoms with Gasteiger partial charge in [-0.15, -0.1) is 0 Å². The Bertz CT molecular complexity index is 574. The van der Waals surface area contributed by atoms with Crippen molar-refractivity contribution in [3.05, 3.63) is 23.8 Å². The summed E-state index contributed by atoms with van der Waals surface area (Å²) in [5.74, 6) is -0.212. The summed E-state index contributed by atoms with van der Waals surface area (Å²) in [4.78, 5) is 25.3. The van der Waals surface area contributed by atoms with Gasteiger partial charge >= 0.3 is 5.97 Å². The molecule has 126 valence electrons. The lowest BCUT2D eigenvalue weighted by Gasteiger charge is -2.23. The average molecular weight is 320 g/mol. The van der Waals surface area contributed by atoms with E-state index in [4.69, 9.17) is 9.84 Å². The molecular weight excluding hydrogens is 296 g/mol. The number of carbonyl (C=O) groups excluding carboxylic acids is 1. The van der Waals surface area contributed by atoms with E-state index in [1.807, 2.05) is 25.1 Å². The topological polar surface area (TPSA) is 78.9 Å². The van der Waals surface area contributed by atoms with E-state index in [9.17, 15) is 9.59 Å². The summed E-state index contributed by atoms with van der Waals surface area (Å²) in [5, 5.41) is 11.7. The summed E-state index contributed by atoms with van der Waals surface area (Å²) in [5.41, 5.74) is 1.72. The number of anilines is 1. The Morgan fingerprint density at radius 3 is 2.91 bits per heavy atom. The zero-order chi connectivity index (χ0) is 16.8. The van der Waals surface area contributed by atoms with Crippen molar-refractivity contribution < 1.29 is 19.4 Å². The normalized spacial score (nSPS) is 17.9. The van der Waals surface area contributed by atoms with Crippen LogP contribution in [0.25, 0.3) is 0 Å². The van der Waals surface area contributed by atoms with Gasteiger partial charge in [0.05, 0.1) is 18.8 Å². The van der Waals surface area contributed by atoms with Crippen LogP contribution in [0.4, 0.5) is 5.69 Å². The van der Waals surface area contributed by atoms with Crippen LogP contribution in [0.3, 0.4) is 0 Å². The molecule has 1 aromatic rings. The first-order chi connectivity index (χ1) is 11.0. The number of benzene rings is 1. The number of amides is 1.